The zero-order valence-electron chi connectivity index (χ0n) is 10.9. The number of amides is 2. The van der Waals surface area contributed by atoms with Crippen LogP contribution in [0.15, 0.2) is 0 Å². The molecule has 2 unspecified atom stereocenters. The van der Waals surface area contributed by atoms with Gasteiger partial charge in [-0.15, -0.1) is 0 Å². The third kappa shape index (κ3) is 3.72. The Hall–Kier alpha value is -1.06. The highest BCUT2D eigenvalue weighted by atomic mass is 16.2. The molecule has 0 bridgehead atoms. The van der Waals surface area contributed by atoms with E-state index in [0.29, 0.717) is 25.3 Å². The van der Waals surface area contributed by atoms with Crippen molar-refractivity contribution in [1.29, 1.82) is 0 Å². The van der Waals surface area contributed by atoms with Crippen LogP contribution in [0.2, 0.25) is 0 Å². The molecule has 0 aromatic rings. The topological polar surface area (TPSA) is 63.4 Å². The van der Waals surface area contributed by atoms with E-state index in [1.165, 1.54) is 0 Å². The molecule has 2 amide bonds. The van der Waals surface area contributed by atoms with Gasteiger partial charge in [-0.3, -0.25) is 9.59 Å². The normalized spacial score (nSPS) is 21.9. The summed E-state index contributed by atoms with van der Waals surface area (Å²) in [5.74, 6) is 0.156. The maximum absolute atomic E-state index is 11.9. The molecule has 1 fully saturated rings. The average Bonchev–Trinajstić information content (AvgIpc) is 2.61. The van der Waals surface area contributed by atoms with E-state index in [2.05, 4.69) is 13.8 Å². The number of nitrogens with two attached hydrogens (primary N) is 1. The van der Waals surface area contributed by atoms with Gasteiger partial charge >= 0.3 is 0 Å². The lowest BCUT2D eigenvalue weighted by Crippen LogP contribution is -2.45. The molecule has 17 heavy (non-hydrogen) atoms. The van der Waals surface area contributed by atoms with Crippen LogP contribution >= 0.6 is 0 Å². The molecule has 1 heterocycles. The average molecular weight is 240 g/mol. The lowest BCUT2D eigenvalue weighted by molar-refractivity contribution is -0.136. The summed E-state index contributed by atoms with van der Waals surface area (Å²) in [6.45, 7) is 4.91. The first-order valence-electron chi connectivity index (χ1n) is 6.68. The smallest absolute Gasteiger partial charge is 0.240 e. The predicted octanol–water partition coefficient (Wildman–Crippen LogP) is 1.68. The van der Waals surface area contributed by atoms with Crippen molar-refractivity contribution in [3.05, 3.63) is 0 Å². The molecule has 0 aliphatic carbocycles. The number of nitrogens with zero attached hydrogens (tertiary/aromatic N) is 1. The first-order valence-corrected chi connectivity index (χ1v) is 6.68. The number of hydrogen-bond donors (Lipinski definition) is 1. The number of carbonyl (C=O) groups is 2. The molecule has 0 aromatic carbocycles. The molecule has 1 aliphatic heterocycles. The number of unbranched alkanes of at least 4 members (excludes halogenated alkanes) is 1. The molecule has 4 heteroatoms. The molecule has 1 rings (SSSR count). The first-order chi connectivity index (χ1) is 8.10. The lowest BCUT2D eigenvalue weighted by Gasteiger charge is -2.25. The maximum Gasteiger partial charge on any atom is 0.240 e. The fraction of sp³-hybridized carbons (Fsp3) is 0.846. The summed E-state index contributed by atoms with van der Waals surface area (Å²) in [6, 6.07) is -0.385. The molecule has 0 aromatic heterocycles. The molecule has 98 valence electrons. The van der Waals surface area contributed by atoms with Crippen LogP contribution < -0.4 is 5.73 Å². The third-order valence-corrected chi connectivity index (χ3v) is 3.47. The second kappa shape index (κ2) is 6.62. The van der Waals surface area contributed by atoms with Crippen LogP contribution in [0.3, 0.4) is 0 Å². The summed E-state index contributed by atoms with van der Waals surface area (Å²) in [7, 11) is 0. The standard InChI is InChI=1S/C13H24N2O2/c1-3-5-7-11(13(14)17)15-9-10(6-4-2)8-12(15)16/h10-11H,3-9H2,1-2H3,(H2,14,17). The zero-order valence-corrected chi connectivity index (χ0v) is 10.9. The Labute approximate surface area is 104 Å². The molecule has 0 spiro atoms. The second-order valence-electron chi connectivity index (χ2n) is 4.97. The van der Waals surface area contributed by atoms with Crippen LogP contribution in [0, 0.1) is 5.92 Å². The van der Waals surface area contributed by atoms with Gasteiger partial charge in [0.1, 0.15) is 6.04 Å². The van der Waals surface area contributed by atoms with Crippen molar-refractivity contribution in [2.45, 2.75) is 58.4 Å². The molecule has 0 radical (unpaired) electrons. The van der Waals surface area contributed by atoms with Crippen LogP contribution in [0.5, 0.6) is 0 Å². The Morgan fingerprint density at radius 2 is 2.18 bits per heavy atom. The minimum atomic E-state index is -0.385. The van der Waals surface area contributed by atoms with Gasteiger partial charge in [-0.05, 0) is 18.8 Å². The van der Waals surface area contributed by atoms with Gasteiger partial charge < -0.3 is 10.6 Å². The van der Waals surface area contributed by atoms with Crippen molar-refractivity contribution in [2.75, 3.05) is 6.54 Å². The Morgan fingerprint density at radius 1 is 1.47 bits per heavy atom. The summed E-state index contributed by atoms with van der Waals surface area (Å²) >= 11 is 0. The highest BCUT2D eigenvalue weighted by Crippen LogP contribution is 2.25. The second-order valence-corrected chi connectivity index (χ2v) is 4.97. The van der Waals surface area contributed by atoms with Gasteiger partial charge in [-0.1, -0.05) is 33.1 Å². The molecule has 1 saturated heterocycles. The number of carbonyl (C=O) groups excluding carboxylic acids is 2. The highest BCUT2D eigenvalue weighted by Gasteiger charge is 2.35. The fourth-order valence-electron chi connectivity index (χ4n) is 2.56. The van der Waals surface area contributed by atoms with Gasteiger partial charge in [0.2, 0.25) is 11.8 Å². The van der Waals surface area contributed by atoms with Gasteiger partial charge in [0, 0.05) is 13.0 Å². The molecule has 4 nitrogen and oxygen atoms in total. The molecule has 0 saturated carbocycles. The number of rotatable bonds is 7. The van der Waals surface area contributed by atoms with Gasteiger partial charge in [0.15, 0.2) is 0 Å². The van der Waals surface area contributed by atoms with E-state index in [0.717, 1.165) is 25.7 Å². The molecule has 2 N–H and O–H groups in total. The van der Waals surface area contributed by atoms with Gasteiger partial charge in [0.25, 0.3) is 0 Å². The predicted molar refractivity (Wildman–Crippen MR) is 67.2 cm³/mol. The zero-order chi connectivity index (χ0) is 12.8. The SMILES string of the molecule is CCCCC(C(N)=O)N1CC(CCC)CC1=O. The van der Waals surface area contributed by atoms with E-state index < -0.39 is 0 Å². The number of hydrogen-bond acceptors (Lipinski definition) is 2. The van der Waals surface area contributed by atoms with Crippen LogP contribution in [0.1, 0.15) is 52.4 Å². The van der Waals surface area contributed by atoms with E-state index in [9.17, 15) is 9.59 Å². The molecular weight excluding hydrogens is 216 g/mol. The van der Waals surface area contributed by atoms with E-state index in [4.69, 9.17) is 5.73 Å². The van der Waals surface area contributed by atoms with Crippen LogP contribution in [-0.2, 0) is 9.59 Å². The van der Waals surface area contributed by atoms with Crippen molar-refractivity contribution in [3.63, 3.8) is 0 Å². The molecule has 1 aliphatic rings. The Balaban J connectivity index is 2.61. The van der Waals surface area contributed by atoms with Gasteiger partial charge in [0.05, 0.1) is 0 Å². The summed E-state index contributed by atoms with van der Waals surface area (Å²) in [5.41, 5.74) is 5.41. The van der Waals surface area contributed by atoms with Crippen molar-refractivity contribution in [1.82, 2.24) is 4.90 Å². The van der Waals surface area contributed by atoms with Crippen LogP contribution in [0.4, 0.5) is 0 Å². The van der Waals surface area contributed by atoms with Crippen molar-refractivity contribution < 1.29 is 9.59 Å². The fourth-order valence-corrected chi connectivity index (χ4v) is 2.56. The Morgan fingerprint density at radius 3 is 2.71 bits per heavy atom. The van der Waals surface area contributed by atoms with Crippen molar-refractivity contribution >= 4 is 11.8 Å². The van der Waals surface area contributed by atoms with E-state index in [-0.39, 0.29) is 17.9 Å². The van der Waals surface area contributed by atoms with Crippen LogP contribution in [-0.4, -0.2) is 29.3 Å². The summed E-state index contributed by atoms with van der Waals surface area (Å²) in [5, 5.41) is 0. The third-order valence-electron chi connectivity index (χ3n) is 3.47. The van der Waals surface area contributed by atoms with Gasteiger partial charge in [-0.2, -0.15) is 0 Å². The van der Waals surface area contributed by atoms with E-state index >= 15 is 0 Å². The monoisotopic (exact) mass is 240 g/mol. The van der Waals surface area contributed by atoms with Crippen molar-refractivity contribution in [3.8, 4) is 0 Å². The number of likely N-dealkylation sites (tertiary alicyclic amines) is 1. The Kier molecular flexibility index (Phi) is 5.45. The summed E-state index contributed by atoms with van der Waals surface area (Å²) in [4.78, 5) is 25.0. The summed E-state index contributed by atoms with van der Waals surface area (Å²) < 4.78 is 0. The maximum atomic E-state index is 11.9. The minimum Gasteiger partial charge on any atom is -0.368 e. The number of primary amides is 1. The van der Waals surface area contributed by atoms with E-state index in [1.54, 1.807) is 4.90 Å². The van der Waals surface area contributed by atoms with Gasteiger partial charge in [-0.25, -0.2) is 0 Å². The first kappa shape index (κ1) is 14.0. The Bertz CT molecular complexity index is 279. The molecular formula is C13H24N2O2. The summed E-state index contributed by atoms with van der Waals surface area (Å²) in [6.07, 6.45) is 5.39. The molecule has 2 atom stereocenters. The van der Waals surface area contributed by atoms with E-state index in [1.807, 2.05) is 0 Å². The highest BCUT2D eigenvalue weighted by molar-refractivity contribution is 5.87. The quantitative estimate of drug-likeness (QED) is 0.736. The van der Waals surface area contributed by atoms with Crippen molar-refractivity contribution in [2.24, 2.45) is 11.7 Å². The lowest BCUT2D eigenvalue weighted by atomic mass is 10.0. The largest absolute Gasteiger partial charge is 0.368 e. The minimum absolute atomic E-state index is 0.100. The van der Waals surface area contributed by atoms with Crippen LogP contribution in [0.25, 0.3) is 0 Å².